The van der Waals surface area contributed by atoms with Crippen LogP contribution in [0.25, 0.3) is 0 Å². The molecule has 1 unspecified atom stereocenters. The number of carbonyl (C=O) groups is 2. The molecule has 304 valence electrons. The molecule has 0 rings (SSSR count). The normalized spacial score (nSPS) is 14.0. The first-order chi connectivity index (χ1) is 25.0. The molecule has 0 N–H and O–H groups in total. The first-order valence-corrected chi connectivity index (χ1v) is 22.2. The number of esters is 2. The summed E-state index contributed by atoms with van der Waals surface area (Å²) < 4.78 is 33.7. The topological polar surface area (TPSA) is 111 Å². The van der Waals surface area contributed by atoms with Crippen LogP contribution in [0, 0.1) is 0 Å². The van der Waals surface area contributed by atoms with Gasteiger partial charge in [-0.1, -0.05) is 134 Å². The number of unbranched alkanes of at least 4 members (excludes halogenated alkanes) is 17. The van der Waals surface area contributed by atoms with E-state index in [2.05, 4.69) is 50.3 Å². The first kappa shape index (κ1) is 50.2. The lowest BCUT2D eigenvalue weighted by molar-refractivity contribution is -0.870. The Balaban J connectivity index is 4.46. The third-order valence-electron chi connectivity index (χ3n) is 8.63. The highest BCUT2D eigenvalue weighted by molar-refractivity contribution is 7.45. The first-order valence-electron chi connectivity index (χ1n) is 20.7. The average Bonchev–Trinajstić information content (AvgIpc) is 3.09. The van der Waals surface area contributed by atoms with Crippen molar-refractivity contribution in [2.75, 3.05) is 47.5 Å². The monoisotopic (exact) mass is 756 g/mol. The van der Waals surface area contributed by atoms with Gasteiger partial charge in [-0.3, -0.25) is 14.2 Å². The Morgan fingerprint density at radius 3 is 1.65 bits per heavy atom. The smallest absolute Gasteiger partial charge is 0.306 e. The molecule has 9 nitrogen and oxygen atoms in total. The minimum absolute atomic E-state index is 0.0397. The molecular weight excluding hydrogens is 677 g/mol. The maximum absolute atomic E-state index is 12.6. The quantitative estimate of drug-likeness (QED) is 0.0203. The van der Waals surface area contributed by atoms with E-state index in [1.807, 2.05) is 21.1 Å². The number of carbonyl (C=O) groups excluding carboxylic acids is 2. The number of quaternary nitrogens is 1. The third kappa shape index (κ3) is 38.0. The highest BCUT2D eigenvalue weighted by Crippen LogP contribution is 2.38. The van der Waals surface area contributed by atoms with Gasteiger partial charge < -0.3 is 27.9 Å². The summed E-state index contributed by atoms with van der Waals surface area (Å²) >= 11 is 0. The minimum atomic E-state index is -4.63. The lowest BCUT2D eigenvalue weighted by Crippen LogP contribution is -2.37. The zero-order chi connectivity index (χ0) is 38.6. The molecule has 0 bridgehead atoms. The van der Waals surface area contributed by atoms with Crippen LogP contribution in [-0.4, -0.2) is 70.0 Å². The highest BCUT2D eigenvalue weighted by Gasteiger charge is 2.21. The molecule has 0 saturated carbocycles. The maximum atomic E-state index is 12.6. The van der Waals surface area contributed by atoms with Gasteiger partial charge in [-0.2, -0.15) is 0 Å². The number of phosphoric acid groups is 1. The Bertz CT molecular complexity index is 991. The zero-order valence-electron chi connectivity index (χ0n) is 34.0. The molecule has 0 amide bonds. The summed E-state index contributed by atoms with van der Waals surface area (Å²) in [5.74, 6) is -0.900. The van der Waals surface area contributed by atoms with Crippen molar-refractivity contribution in [2.24, 2.45) is 0 Å². The van der Waals surface area contributed by atoms with E-state index in [9.17, 15) is 19.0 Å². The van der Waals surface area contributed by atoms with Gasteiger partial charge in [-0.05, 0) is 57.8 Å². The standard InChI is InChI=1S/C42H78NO8P/c1-6-8-10-12-14-16-18-19-20-21-22-23-25-27-29-31-33-35-42(45)51-40(39-50-52(46,47)49-37-36-43(3,4)5)38-48-41(44)34-32-30-28-26-24-17-15-13-11-9-7-2/h13,15,22-23,27,29,40H,6-12,14,16-21,24-26,28,30-39H2,1-5H3/b15-13+,23-22+,29-27+/t40-/m1/s1. The third-order valence-corrected chi connectivity index (χ3v) is 9.60. The zero-order valence-corrected chi connectivity index (χ0v) is 34.9. The molecule has 0 saturated heterocycles. The Hall–Kier alpha value is -1.77. The van der Waals surface area contributed by atoms with Gasteiger partial charge in [0, 0.05) is 12.8 Å². The number of allylic oxidation sites excluding steroid dienone is 6. The number of hydrogen-bond donors (Lipinski definition) is 0. The minimum Gasteiger partial charge on any atom is -0.756 e. The number of rotatable bonds is 37. The highest BCUT2D eigenvalue weighted by atomic mass is 31.2. The summed E-state index contributed by atoms with van der Waals surface area (Å²) in [6.45, 7) is 4.12. The molecule has 2 atom stereocenters. The number of nitrogens with zero attached hydrogens (tertiary/aromatic N) is 1. The van der Waals surface area contributed by atoms with E-state index in [4.69, 9.17) is 18.5 Å². The fraction of sp³-hybridized carbons (Fsp3) is 0.810. The predicted octanol–water partition coefficient (Wildman–Crippen LogP) is 10.7. The second-order valence-electron chi connectivity index (χ2n) is 15.0. The van der Waals surface area contributed by atoms with Crippen LogP contribution in [0.4, 0.5) is 0 Å². The van der Waals surface area contributed by atoms with E-state index in [0.717, 1.165) is 57.8 Å². The van der Waals surface area contributed by atoms with Gasteiger partial charge in [0.05, 0.1) is 27.7 Å². The van der Waals surface area contributed by atoms with Gasteiger partial charge in [-0.25, -0.2) is 0 Å². The molecule has 0 aliphatic rings. The van der Waals surface area contributed by atoms with E-state index in [1.165, 1.54) is 70.6 Å². The number of likely N-dealkylation sites (N-methyl/N-ethyl adjacent to an activating group) is 1. The van der Waals surface area contributed by atoms with Crippen LogP contribution in [0.1, 0.15) is 168 Å². The van der Waals surface area contributed by atoms with Crippen molar-refractivity contribution >= 4 is 19.8 Å². The second-order valence-corrected chi connectivity index (χ2v) is 16.4. The van der Waals surface area contributed by atoms with Crippen LogP contribution in [0.2, 0.25) is 0 Å². The average molecular weight is 756 g/mol. The maximum Gasteiger partial charge on any atom is 0.306 e. The van der Waals surface area contributed by atoms with E-state index < -0.39 is 32.5 Å². The molecule has 0 radical (unpaired) electrons. The summed E-state index contributed by atoms with van der Waals surface area (Å²) in [4.78, 5) is 37.4. The molecule has 10 heteroatoms. The summed E-state index contributed by atoms with van der Waals surface area (Å²) in [5, 5.41) is 0. The molecule has 52 heavy (non-hydrogen) atoms. The Labute approximate surface area is 319 Å². The van der Waals surface area contributed by atoms with Crippen molar-refractivity contribution in [1.82, 2.24) is 0 Å². The summed E-state index contributed by atoms with van der Waals surface area (Å²) in [6.07, 6.45) is 37.5. The Morgan fingerprint density at radius 1 is 0.596 bits per heavy atom. The van der Waals surface area contributed by atoms with Gasteiger partial charge in [0.2, 0.25) is 0 Å². The summed E-state index contributed by atoms with van der Waals surface area (Å²) in [7, 11) is 1.13. The SMILES string of the molecule is CCCC/C=C/CCCCCCCC(=O)OC[C@H](COP(=O)([O-])OCC[N+](C)(C)C)OC(=O)CCC/C=C/C/C=C/CCCCCCCCCCC. The summed E-state index contributed by atoms with van der Waals surface area (Å²) in [6, 6.07) is 0. The van der Waals surface area contributed by atoms with Crippen LogP contribution in [0.15, 0.2) is 36.5 Å². The van der Waals surface area contributed by atoms with Crippen LogP contribution in [-0.2, 0) is 32.7 Å². The van der Waals surface area contributed by atoms with Crippen molar-refractivity contribution in [3.63, 3.8) is 0 Å². The van der Waals surface area contributed by atoms with Gasteiger partial charge >= 0.3 is 11.9 Å². The number of phosphoric ester groups is 1. The van der Waals surface area contributed by atoms with Crippen LogP contribution >= 0.6 is 7.82 Å². The van der Waals surface area contributed by atoms with Crippen molar-refractivity contribution in [1.29, 1.82) is 0 Å². The van der Waals surface area contributed by atoms with Crippen LogP contribution < -0.4 is 4.89 Å². The molecule has 0 aromatic heterocycles. The van der Waals surface area contributed by atoms with Crippen LogP contribution in [0.5, 0.6) is 0 Å². The molecule has 0 aliphatic carbocycles. The molecule has 0 aromatic carbocycles. The predicted molar refractivity (Wildman–Crippen MR) is 213 cm³/mol. The molecule has 0 heterocycles. The molecular formula is C42H78NO8P. The van der Waals surface area contributed by atoms with Gasteiger partial charge in [0.1, 0.15) is 19.8 Å². The Morgan fingerprint density at radius 2 is 1.08 bits per heavy atom. The Kier molecular flexibility index (Phi) is 33.8. The van der Waals surface area contributed by atoms with Crippen LogP contribution in [0.3, 0.4) is 0 Å². The largest absolute Gasteiger partial charge is 0.756 e. The van der Waals surface area contributed by atoms with E-state index in [0.29, 0.717) is 23.9 Å². The molecule has 0 spiro atoms. The lowest BCUT2D eigenvalue weighted by Gasteiger charge is -2.28. The number of ether oxygens (including phenoxy) is 2. The summed E-state index contributed by atoms with van der Waals surface area (Å²) in [5.41, 5.74) is 0. The van der Waals surface area contributed by atoms with E-state index >= 15 is 0 Å². The molecule has 0 aromatic rings. The van der Waals surface area contributed by atoms with Gasteiger partial charge in [0.15, 0.2) is 6.10 Å². The fourth-order valence-corrected chi connectivity index (χ4v) is 6.05. The van der Waals surface area contributed by atoms with Gasteiger partial charge in [0.25, 0.3) is 7.82 Å². The fourth-order valence-electron chi connectivity index (χ4n) is 5.32. The molecule has 0 fully saturated rings. The molecule has 0 aliphatic heterocycles. The van der Waals surface area contributed by atoms with E-state index in [-0.39, 0.29) is 26.1 Å². The lowest BCUT2D eigenvalue weighted by atomic mass is 10.1. The van der Waals surface area contributed by atoms with Crippen molar-refractivity contribution < 1.29 is 42.1 Å². The van der Waals surface area contributed by atoms with Crippen molar-refractivity contribution in [3.05, 3.63) is 36.5 Å². The van der Waals surface area contributed by atoms with Crippen molar-refractivity contribution in [3.8, 4) is 0 Å². The van der Waals surface area contributed by atoms with E-state index in [1.54, 1.807) is 0 Å². The van der Waals surface area contributed by atoms with Gasteiger partial charge in [-0.15, -0.1) is 0 Å². The number of hydrogen-bond acceptors (Lipinski definition) is 8. The second kappa shape index (κ2) is 35.0. The van der Waals surface area contributed by atoms with Crippen molar-refractivity contribution in [2.45, 2.75) is 174 Å².